The second kappa shape index (κ2) is 3.77. The van der Waals surface area contributed by atoms with Crippen LogP contribution in [0.25, 0.3) is 0 Å². The maximum absolute atomic E-state index is 11.3. The smallest absolute Gasteiger partial charge is 0.327 e. The summed E-state index contributed by atoms with van der Waals surface area (Å²) in [7, 11) is 1.94. The van der Waals surface area contributed by atoms with Gasteiger partial charge in [-0.2, -0.15) is 0 Å². The van der Waals surface area contributed by atoms with Crippen LogP contribution in [0, 0.1) is 0 Å². The van der Waals surface area contributed by atoms with Crippen LogP contribution >= 0.6 is 0 Å². The number of aromatic hydroxyl groups is 1. The Bertz CT molecular complexity index is 572. The van der Waals surface area contributed by atoms with Crippen LogP contribution in [0.1, 0.15) is 11.1 Å². The largest absolute Gasteiger partial charge is 0.504 e. The third-order valence-corrected chi connectivity index (χ3v) is 3.95. The lowest BCUT2D eigenvalue weighted by Crippen LogP contribution is -2.56. The molecule has 0 aliphatic carbocycles. The lowest BCUT2D eigenvalue weighted by atomic mass is 9.86. The number of hydrogen-bond donors (Lipinski definition) is 3. The van der Waals surface area contributed by atoms with Gasteiger partial charge in [0.1, 0.15) is 6.61 Å². The van der Waals surface area contributed by atoms with Gasteiger partial charge in [0.25, 0.3) is 0 Å². The number of likely N-dealkylation sites (N-methyl/N-ethyl adjacent to an activating group) is 1. The van der Waals surface area contributed by atoms with Gasteiger partial charge in [0.05, 0.1) is 0 Å². The molecule has 2 aliphatic rings. The number of phenols is 1. The molecular weight excluding hydrogens is 248 g/mol. The highest BCUT2D eigenvalue weighted by Crippen LogP contribution is 2.45. The minimum atomic E-state index is -1.42. The zero-order valence-corrected chi connectivity index (χ0v) is 10.6. The molecule has 0 fully saturated rings. The number of benzene rings is 1. The van der Waals surface area contributed by atoms with E-state index in [-0.39, 0.29) is 18.8 Å². The topological polar surface area (TPSA) is 96.0 Å². The van der Waals surface area contributed by atoms with E-state index in [0.29, 0.717) is 5.75 Å². The molecule has 0 saturated carbocycles. The maximum Gasteiger partial charge on any atom is 0.327 e. The number of carboxylic acid groups (broad SMARTS) is 1. The van der Waals surface area contributed by atoms with Gasteiger partial charge in [-0.15, -0.1) is 0 Å². The van der Waals surface area contributed by atoms with Crippen molar-refractivity contribution in [3.05, 3.63) is 17.2 Å². The third kappa shape index (κ3) is 1.63. The lowest BCUT2D eigenvalue weighted by Gasteiger charge is -2.32. The van der Waals surface area contributed by atoms with Gasteiger partial charge in [-0.1, -0.05) is 0 Å². The minimum Gasteiger partial charge on any atom is -0.504 e. The third-order valence-electron chi connectivity index (χ3n) is 3.95. The molecule has 6 nitrogen and oxygen atoms in total. The predicted molar refractivity (Wildman–Crippen MR) is 68.8 cm³/mol. The van der Waals surface area contributed by atoms with E-state index in [4.69, 9.17) is 10.5 Å². The fraction of sp³-hybridized carbons (Fsp3) is 0.462. The fourth-order valence-electron chi connectivity index (χ4n) is 2.80. The van der Waals surface area contributed by atoms with Gasteiger partial charge in [0, 0.05) is 37.3 Å². The molecule has 0 spiro atoms. The first-order valence-corrected chi connectivity index (χ1v) is 6.16. The molecule has 1 unspecified atom stereocenters. The number of phenolic OH excluding ortho intramolecular Hbond substituents is 1. The summed E-state index contributed by atoms with van der Waals surface area (Å²) >= 11 is 0. The maximum atomic E-state index is 11.3. The second-order valence-corrected chi connectivity index (χ2v) is 5.30. The second-order valence-electron chi connectivity index (χ2n) is 5.30. The van der Waals surface area contributed by atoms with E-state index in [1.54, 1.807) is 6.07 Å². The molecule has 3 rings (SSSR count). The highest BCUT2D eigenvalue weighted by atomic mass is 16.5. The van der Waals surface area contributed by atoms with Crippen molar-refractivity contribution in [1.82, 2.24) is 0 Å². The Morgan fingerprint density at radius 2 is 2.26 bits per heavy atom. The van der Waals surface area contributed by atoms with Crippen molar-refractivity contribution in [2.75, 3.05) is 25.1 Å². The summed E-state index contributed by atoms with van der Waals surface area (Å²) < 4.78 is 5.42. The SMILES string of the molecule is CN1CCc2c1cc(O)c1c2CC(N)(C(=O)O)CO1. The van der Waals surface area contributed by atoms with E-state index >= 15 is 0 Å². The summed E-state index contributed by atoms with van der Waals surface area (Å²) in [5.41, 5.74) is 7.15. The van der Waals surface area contributed by atoms with E-state index < -0.39 is 11.5 Å². The molecule has 0 saturated heterocycles. The Labute approximate surface area is 110 Å². The quantitative estimate of drug-likeness (QED) is 0.666. The molecule has 19 heavy (non-hydrogen) atoms. The normalized spacial score (nSPS) is 24.6. The van der Waals surface area contributed by atoms with Crippen LogP contribution in [0.5, 0.6) is 11.5 Å². The monoisotopic (exact) mass is 264 g/mol. The molecule has 6 heteroatoms. The number of carboxylic acids is 1. The van der Waals surface area contributed by atoms with Crippen molar-refractivity contribution in [1.29, 1.82) is 0 Å². The average molecular weight is 264 g/mol. The number of rotatable bonds is 1. The van der Waals surface area contributed by atoms with Crippen LogP contribution in [0.3, 0.4) is 0 Å². The molecular formula is C13H16N2O4. The van der Waals surface area contributed by atoms with Crippen LogP contribution in [-0.2, 0) is 17.6 Å². The van der Waals surface area contributed by atoms with Crippen molar-refractivity contribution in [3.63, 3.8) is 0 Å². The van der Waals surface area contributed by atoms with Crippen molar-refractivity contribution >= 4 is 11.7 Å². The molecule has 102 valence electrons. The van der Waals surface area contributed by atoms with E-state index in [0.717, 1.165) is 29.8 Å². The van der Waals surface area contributed by atoms with Crippen molar-refractivity contribution < 1.29 is 19.7 Å². The summed E-state index contributed by atoms with van der Waals surface area (Å²) in [4.78, 5) is 13.3. The Kier molecular flexibility index (Phi) is 2.40. The van der Waals surface area contributed by atoms with Gasteiger partial charge >= 0.3 is 5.97 Å². The molecule has 4 N–H and O–H groups in total. The first-order valence-electron chi connectivity index (χ1n) is 6.16. The summed E-state index contributed by atoms with van der Waals surface area (Å²) in [6, 6.07) is 1.67. The van der Waals surface area contributed by atoms with Gasteiger partial charge in [-0.25, -0.2) is 0 Å². The zero-order chi connectivity index (χ0) is 13.8. The van der Waals surface area contributed by atoms with E-state index in [2.05, 4.69) is 0 Å². The summed E-state index contributed by atoms with van der Waals surface area (Å²) in [5, 5.41) is 19.2. The molecule has 1 aromatic rings. The first-order chi connectivity index (χ1) is 8.92. The highest BCUT2D eigenvalue weighted by molar-refractivity contribution is 5.81. The lowest BCUT2D eigenvalue weighted by molar-refractivity contribution is -0.145. The van der Waals surface area contributed by atoms with Crippen LogP contribution in [0.2, 0.25) is 0 Å². The van der Waals surface area contributed by atoms with Gasteiger partial charge in [-0.05, 0) is 12.0 Å². The molecule has 1 aromatic carbocycles. The molecule has 0 aromatic heterocycles. The number of carbonyl (C=O) groups is 1. The number of aliphatic carboxylic acids is 1. The van der Waals surface area contributed by atoms with Crippen LogP contribution in [0.15, 0.2) is 6.07 Å². The predicted octanol–water partition coefficient (Wildman–Crippen LogP) is 0.101. The van der Waals surface area contributed by atoms with Gasteiger partial charge in [0.15, 0.2) is 17.0 Å². The fourth-order valence-corrected chi connectivity index (χ4v) is 2.80. The average Bonchev–Trinajstić information content (AvgIpc) is 2.71. The number of ether oxygens (including phenoxy) is 1. The van der Waals surface area contributed by atoms with Gasteiger partial charge in [0.2, 0.25) is 0 Å². The van der Waals surface area contributed by atoms with E-state index in [1.807, 2.05) is 11.9 Å². The highest BCUT2D eigenvalue weighted by Gasteiger charge is 2.42. The Morgan fingerprint density at radius 1 is 1.53 bits per heavy atom. The van der Waals surface area contributed by atoms with Crippen molar-refractivity contribution in [3.8, 4) is 11.5 Å². The molecule has 0 radical (unpaired) electrons. The minimum absolute atomic E-state index is 0.0509. The molecule has 1 atom stereocenters. The standard InChI is InChI=1S/C13H16N2O4/c1-15-3-2-7-8-5-13(14,12(17)18)6-19-11(8)10(16)4-9(7)15/h4,16H,2-3,5-6,14H2,1H3,(H,17,18). The van der Waals surface area contributed by atoms with Crippen LogP contribution < -0.4 is 15.4 Å². The summed E-state index contributed by atoms with van der Waals surface area (Å²) in [5.74, 6) is -0.645. The molecule has 0 amide bonds. The number of nitrogens with zero attached hydrogens (tertiary/aromatic N) is 1. The molecule has 2 heterocycles. The molecule has 2 aliphatic heterocycles. The van der Waals surface area contributed by atoms with Gasteiger partial charge < -0.3 is 25.6 Å². The van der Waals surface area contributed by atoms with E-state index in [1.165, 1.54) is 0 Å². The van der Waals surface area contributed by atoms with Crippen LogP contribution in [0.4, 0.5) is 5.69 Å². The van der Waals surface area contributed by atoms with Crippen molar-refractivity contribution in [2.45, 2.75) is 18.4 Å². The van der Waals surface area contributed by atoms with E-state index in [9.17, 15) is 15.0 Å². The zero-order valence-electron chi connectivity index (χ0n) is 10.6. The number of nitrogens with two attached hydrogens (primary N) is 1. The summed E-state index contributed by atoms with van der Waals surface area (Å²) in [6.07, 6.45) is 0.996. The Balaban J connectivity index is 2.14. The summed E-state index contributed by atoms with van der Waals surface area (Å²) in [6.45, 7) is 0.716. The first kappa shape index (κ1) is 12.1. The number of hydrogen-bond acceptors (Lipinski definition) is 5. The van der Waals surface area contributed by atoms with Gasteiger partial charge in [-0.3, -0.25) is 4.79 Å². The number of fused-ring (bicyclic) bond motifs is 3. The Hall–Kier alpha value is -1.95. The Morgan fingerprint density at radius 3 is 2.95 bits per heavy atom. The molecule has 0 bridgehead atoms. The van der Waals surface area contributed by atoms with Crippen molar-refractivity contribution in [2.24, 2.45) is 5.73 Å². The van der Waals surface area contributed by atoms with Crippen LogP contribution in [-0.4, -0.2) is 41.9 Å². The number of anilines is 1.